The van der Waals surface area contributed by atoms with E-state index < -0.39 is 11.6 Å². The highest BCUT2D eigenvalue weighted by Crippen LogP contribution is 2.21. The molecule has 0 heterocycles. The number of hydrogen-bond donors (Lipinski definition) is 1. The topological polar surface area (TPSA) is 12.0 Å². The fourth-order valence-electron chi connectivity index (χ4n) is 1.04. The number of halogens is 3. The summed E-state index contributed by atoms with van der Waals surface area (Å²) in [6.07, 6.45) is 0. The summed E-state index contributed by atoms with van der Waals surface area (Å²) in [5.41, 5.74) is 0.181. The van der Waals surface area contributed by atoms with Crippen LogP contribution in [0.15, 0.2) is 12.1 Å². The summed E-state index contributed by atoms with van der Waals surface area (Å²) in [6, 6.07) is 2.59. The van der Waals surface area contributed by atoms with Gasteiger partial charge in [-0.15, -0.1) is 0 Å². The molecule has 0 aliphatic rings. The Bertz CT molecular complexity index is 326. The monoisotopic (exact) mass is 219 g/mol. The molecule has 0 aliphatic heterocycles. The minimum Gasteiger partial charge on any atom is -0.310 e. The van der Waals surface area contributed by atoms with Crippen molar-refractivity contribution in [2.24, 2.45) is 0 Å². The molecule has 0 saturated heterocycles. The minimum atomic E-state index is -0.870. The molecular weight excluding hydrogens is 208 g/mol. The van der Waals surface area contributed by atoms with E-state index in [4.69, 9.17) is 11.6 Å². The molecule has 4 heteroatoms. The van der Waals surface area contributed by atoms with Gasteiger partial charge in [0.25, 0.3) is 0 Å². The van der Waals surface area contributed by atoms with Gasteiger partial charge in [-0.05, 0) is 12.1 Å². The second kappa shape index (κ2) is 4.71. The first-order chi connectivity index (χ1) is 6.52. The normalized spacial score (nSPS) is 11.0. The lowest BCUT2D eigenvalue weighted by molar-refractivity contribution is 0.486. The summed E-state index contributed by atoms with van der Waals surface area (Å²) in [5.74, 6) is -1.74. The van der Waals surface area contributed by atoms with Gasteiger partial charge in [-0.2, -0.15) is 0 Å². The number of benzene rings is 1. The lowest BCUT2D eigenvalue weighted by Gasteiger charge is -2.10. The average Bonchev–Trinajstić information content (AvgIpc) is 2.11. The molecule has 0 spiro atoms. The Morgan fingerprint density at radius 2 is 2.00 bits per heavy atom. The Morgan fingerprint density at radius 1 is 1.36 bits per heavy atom. The van der Waals surface area contributed by atoms with Crippen LogP contribution in [0.3, 0.4) is 0 Å². The molecular formula is C10H12ClF2N. The summed E-state index contributed by atoms with van der Waals surface area (Å²) in [4.78, 5) is 0. The van der Waals surface area contributed by atoms with E-state index >= 15 is 0 Å². The third-order valence-electron chi connectivity index (χ3n) is 1.83. The molecule has 0 fully saturated rings. The van der Waals surface area contributed by atoms with Gasteiger partial charge in [0.05, 0.1) is 0 Å². The molecule has 0 saturated carbocycles. The standard InChI is InChI=1S/C10H12ClF2N/c1-6(2)14-5-7-8(11)3-4-9(12)10(7)13/h3-4,6,14H,5H2,1-2H3. The van der Waals surface area contributed by atoms with Gasteiger partial charge in [0.2, 0.25) is 0 Å². The fourth-order valence-corrected chi connectivity index (χ4v) is 1.25. The summed E-state index contributed by atoms with van der Waals surface area (Å²) >= 11 is 5.74. The maximum absolute atomic E-state index is 13.2. The van der Waals surface area contributed by atoms with Gasteiger partial charge in [0.15, 0.2) is 11.6 Å². The van der Waals surface area contributed by atoms with Gasteiger partial charge in [-0.1, -0.05) is 25.4 Å². The van der Waals surface area contributed by atoms with Crippen LogP contribution >= 0.6 is 11.6 Å². The quantitative estimate of drug-likeness (QED) is 0.771. The van der Waals surface area contributed by atoms with E-state index in [0.717, 1.165) is 6.07 Å². The van der Waals surface area contributed by atoms with Crippen molar-refractivity contribution < 1.29 is 8.78 Å². The van der Waals surface area contributed by atoms with Gasteiger partial charge in [-0.25, -0.2) is 8.78 Å². The third kappa shape index (κ3) is 2.66. The van der Waals surface area contributed by atoms with Crippen LogP contribution in [-0.4, -0.2) is 6.04 Å². The van der Waals surface area contributed by atoms with Crippen molar-refractivity contribution in [2.75, 3.05) is 0 Å². The highest BCUT2D eigenvalue weighted by molar-refractivity contribution is 6.31. The number of hydrogen-bond acceptors (Lipinski definition) is 1. The van der Waals surface area contributed by atoms with Crippen molar-refractivity contribution in [2.45, 2.75) is 26.4 Å². The van der Waals surface area contributed by atoms with Crippen LogP contribution in [0.2, 0.25) is 5.02 Å². The van der Waals surface area contributed by atoms with E-state index in [1.54, 1.807) is 0 Å². The molecule has 1 N–H and O–H groups in total. The Kier molecular flexibility index (Phi) is 3.84. The van der Waals surface area contributed by atoms with E-state index in [1.165, 1.54) is 6.07 Å². The Hall–Kier alpha value is -0.670. The van der Waals surface area contributed by atoms with Crippen LogP contribution in [0.4, 0.5) is 8.78 Å². The summed E-state index contributed by atoms with van der Waals surface area (Å²) in [5, 5.41) is 3.23. The maximum atomic E-state index is 13.2. The molecule has 0 aliphatic carbocycles. The van der Waals surface area contributed by atoms with Gasteiger partial charge in [-0.3, -0.25) is 0 Å². The summed E-state index contributed by atoms with van der Waals surface area (Å²) in [6.45, 7) is 4.08. The Labute approximate surface area is 87.1 Å². The van der Waals surface area contributed by atoms with E-state index in [0.29, 0.717) is 0 Å². The molecule has 0 aromatic heterocycles. The lowest BCUT2D eigenvalue weighted by atomic mass is 10.2. The molecule has 78 valence electrons. The molecule has 1 rings (SSSR count). The SMILES string of the molecule is CC(C)NCc1c(Cl)ccc(F)c1F. The number of nitrogens with one attached hydrogen (secondary N) is 1. The van der Waals surface area contributed by atoms with Crippen LogP contribution in [0.5, 0.6) is 0 Å². The van der Waals surface area contributed by atoms with Crippen LogP contribution < -0.4 is 5.32 Å². The zero-order valence-electron chi connectivity index (χ0n) is 8.07. The van der Waals surface area contributed by atoms with Gasteiger partial charge < -0.3 is 5.32 Å². The van der Waals surface area contributed by atoms with Crippen molar-refractivity contribution >= 4 is 11.6 Å². The zero-order valence-corrected chi connectivity index (χ0v) is 8.83. The molecule has 0 atom stereocenters. The van der Waals surface area contributed by atoms with Crippen molar-refractivity contribution in [3.63, 3.8) is 0 Å². The van der Waals surface area contributed by atoms with E-state index in [9.17, 15) is 8.78 Å². The smallest absolute Gasteiger partial charge is 0.164 e. The molecule has 1 aromatic carbocycles. The molecule has 0 unspecified atom stereocenters. The lowest BCUT2D eigenvalue weighted by Crippen LogP contribution is -2.22. The Morgan fingerprint density at radius 3 is 2.57 bits per heavy atom. The first kappa shape index (κ1) is 11.4. The molecule has 0 amide bonds. The molecule has 1 aromatic rings. The van der Waals surface area contributed by atoms with Crippen LogP contribution in [-0.2, 0) is 6.54 Å². The first-order valence-electron chi connectivity index (χ1n) is 4.38. The van der Waals surface area contributed by atoms with Crippen LogP contribution in [0.1, 0.15) is 19.4 Å². The largest absolute Gasteiger partial charge is 0.310 e. The maximum Gasteiger partial charge on any atom is 0.164 e. The van der Waals surface area contributed by atoms with E-state index in [1.807, 2.05) is 13.8 Å². The molecule has 0 radical (unpaired) electrons. The third-order valence-corrected chi connectivity index (χ3v) is 2.18. The van der Waals surface area contributed by atoms with Crippen LogP contribution in [0, 0.1) is 11.6 Å². The second-order valence-corrected chi connectivity index (χ2v) is 3.76. The van der Waals surface area contributed by atoms with Crippen molar-refractivity contribution in [1.29, 1.82) is 0 Å². The number of rotatable bonds is 3. The molecule has 14 heavy (non-hydrogen) atoms. The van der Waals surface area contributed by atoms with Crippen molar-refractivity contribution in [3.8, 4) is 0 Å². The summed E-state index contributed by atoms with van der Waals surface area (Å²) < 4.78 is 26.0. The van der Waals surface area contributed by atoms with Gasteiger partial charge in [0, 0.05) is 23.2 Å². The van der Waals surface area contributed by atoms with E-state index in [-0.39, 0.29) is 23.2 Å². The van der Waals surface area contributed by atoms with Crippen molar-refractivity contribution in [3.05, 3.63) is 34.4 Å². The zero-order chi connectivity index (χ0) is 10.7. The highest BCUT2D eigenvalue weighted by Gasteiger charge is 2.11. The second-order valence-electron chi connectivity index (χ2n) is 3.36. The average molecular weight is 220 g/mol. The highest BCUT2D eigenvalue weighted by atomic mass is 35.5. The van der Waals surface area contributed by atoms with E-state index in [2.05, 4.69) is 5.32 Å². The van der Waals surface area contributed by atoms with Gasteiger partial charge >= 0.3 is 0 Å². The van der Waals surface area contributed by atoms with Crippen LogP contribution in [0.25, 0.3) is 0 Å². The molecule has 1 nitrogen and oxygen atoms in total. The summed E-state index contributed by atoms with van der Waals surface area (Å²) in [7, 11) is 0. The minimum absolute atomic E-state index is 0.181. The van der Waals surface area contributed by atoms with Gasteiger partial charge in [0.1, 0.15) is 0 Å². The fraction of sp³-hybridized carbons (Fsp3) is 0.400. The predicted octanol–water partition coefficient (Wildman–Crippen LogP) is 3.12. The van der Waals surface area contributed by atoms with Crippen molar-refractivity contribution in [1.82, 2.24) is 5.32 Å². The first-order valence-corrected chi connectivity index (χ1v) is 4.76. The molecule has 0 bridgehead atoms. The Balaban J connectivity index is 2.89. The predicted molar refractivity (Wildman–Crippen MR) is 53.3 cm³/mol.